The van der Waals surface area contributed by atoms with Crippen LogP contribution in [0.1, 0.15) is 6.92 Å². The summed E-state index contributed by atoms with van der Waals surface area (Å²) in [5.41, 5.74) is 0. The third-order valence-corrected chi connectivity index (χ3v) is 1.57. The second-order valence-electron chi connectivity index (χ2n) is 2.03. The van der Waals surface area contributed by atoms with Crippen LogP contribution < -0.4 is 5.32 Å². The summed E-state index contributed by atoms with van der Waals surface area (Å²) in [5, 5.41) is 11.1. The highest BCUT2D eigenvalue weighted by molar-refractivity contribution is 9.09. The van der Waals surface area contributed by atoms with Crippen LogP contribution in [0.15, 0.2) is 0 Å². The van der Waals surface area contributed by atoms with Gasteiger partial charge in [-0.15, -0.1) is 12.4 Å². The van der Waals surface area contributed by atoms with Crippen LogP contribution in [0.5, 0.6) is 0 Å². The molecule has 0 radical (unpaired) electrons. The minimum absolute atomic E-state index is 0. The lowest BCUT2D eigenvalue weighted by molar-refractivity contribution is -0.141. The zero-order valence-corrected chi connectivity index (χ0v) is 9.65. The van der Waals surface area contributed by atoms with E-state index in [9.17, 15) is 4.79 Å². The molecule has 0 amide bonds. The quantitative estimate of drug-likeness (QED) is 0.595. The van der Waals surface area contributed by atoms with Crippen LogP contribution in [0.3, 0.4) is 0 Å². The van der Waals surface area contributed by atoms with Gasteiger partial charge >= 0.3 is 5.97 Å². The number of halogens is 2. The first-order valence-corrected chi connectivity index (χ1v) is 4.52. The van der Waals surface area contributed by atoms with E-state index >= 15 is 0 Å². The van der Waals surface area contributed by atoms with Crippen LogP contribution in [0.25, 0.3) is 0 Å². The fraction of sp³-hybridized carbons (Fsp3) is 0.714. The van der Waals surface area contributed by atoms with E-state index in [4.69, 9.17) is 5.26 Å². The van der Waals surface area contributed by atoms with Gasteiger partial charge in [0.1, 0.15) is 4.83 Å². The molecule has 0 saturated carbocycles. The Labute approximate surface area is 92.2 Å². The molecular formula is C7H12BrClN2O2. The Hall–Kier alpha value is -0.310. The highest BCUT2D eigenvalue weighted by Gasteiger charge is 2.03. The van der Waals surface area contributed by atoms with Crippen molar-refractivity contribution in [3.63, 3.8) is 0 Å². The van der Waals surface area contributed by atoms with Gasteiger partial charge in [-0.25, -0.2) is 0 Å². The molecule has 0 aliphatic rings. The predicted octanol–water partition coefficient (Wildman–Crippen LogP) is 0.848. The van der Waals surface area contributed by atoms with Crippen LogP contribution in [0.4, 0.5) is 0 Å². The summed E-state index contributed by atoms with van der Waals surface area (Å²) < 4.78 is 4.66. The van der Waals surface area contributed by atoms with Gasteiger partial charge in [0, 0.05) is 6.54 Å². The maximum atomic E-state index is 10.7. The largest absolute Gasteiger partial charge is 0.465 e. The lowest BCUT2D eigenvalue weighted by Gasteiger charge is -2.03. The van der Waals surface area contributed by atoms with Crippen molar-refractivity contribution in [1.29, 1.82) is 5.26 Å². The first kappa shape index (κ1) is 15.2. The van der Waals surface area contributed by atoms with Crippen molar-refractivity contribution in [3.05, 3.63) is 0 Å². The van der Waals surface area contributed by atoms with Gasteiger partial charge in [0.2, 0.25) is 0 Å². The number of rotatable bonds is 5. The molecule has 0 aliphatic heterocycles. The fourth-order valence-electron chi connectivity index (χ4n) is 0.559. The molecule has 0 heterocycles. The number of ether oxygens (including phenoxy) is 1. The Morgan fingerprint density at radius 1 is 1.77 bits per heavy atom. The number of nitrogens with zero attached hydrogens (tertiary/aromatic N) is 1. The molecule has 0 rings (SSSR count). The first-order chi connectivity index (χ1) is 5.70. The highest BCUT2D eigenvalue weighted by atomic mass is 79.9. The molecule has 0 bridgehead atoms. The molecule has 0 aromatic carbocycles. The molecule has 0 aromatic rings. The maximum Gasteiger partial charge on any atom is 0.319 e. The van der Waals surface area contributed by atoms with Gasteiger partial charge in [-0.2, -0.15) is 5.26 Å². The minimum Gasteiger partial charge on any atom is -0.465 e. The lowest BCUT2D eigenvalue weighted by Crippen LogP contribution is -2.29. The smallest absolute Gasteiger partial charge is 0.319 e. The third-order valence-electron chi connectivity index (χ3n) is 1.04. The van der Waals surface area contributed by atoms with Crippen LogP contribution in [0.2, 0.25) is 0 Å². The molecule has 1 atom stereocenters. The van der Waals surface area contributed by atoms with E-state index in [1.165, 1.54) is 0 Å². The maximum absolute atomic E-state index is 10.7. The molecule has 0 aliphatic carbocycles. The van der Waals surface area contributed by atoms with Crippen molar-refractivity contribution in [2.45, 2.75) is 11.8 Å². The summed E-state index contributed by atoms with van der Waals surface area (Å²) in [6, 6.07) is 1.97. The van der Waals surface area contributed by atoms with Crippen molar-refractivity contribution in [2.24, 2.45) is 0 Å². The number of hydrogen-bond acceptors (Lipinski definition) is 4. The molecular weight excluding hydrogens is 259 g/mol. The zero-order chi connectivity index (χ0) is 9.40. The molecule has 1 N–H and O–H groups in total. The Morgan fingerprint density at radius 2 is 2.38 bits per heavy atom. The molecule has 13 heavy (non-hydrogen) atoms. The van der Waals surface area contributed by atoms with Crippen molar-refractivity contribution in [1.82, 2.24) is 5.32 Å². The average molecular weight is 272 g/mol. The van der Waals surface area contributed by atoms with Gasteiger partial charge in [0.15, 0.2) is 0 Å². The number of esters is 1. The molecule has 0 saturated heterocycles. The molecule has 0 aromatic heterocycles. The second-order valence-corrected chi connectivity index (χ2v) is 3.14. The van der Waals surface area contributed by atoms with Crippen molar-refractivity contribution < 1.29 is 9.53 Å². The molecule has 4 nitrogen and oxygen atoms in total. The van der Waals surface area contributed by atoms with E-state index in [1.54, 1.807) is 6.92 Å². The summed E-state index contributed by atoms with van der Waals surface area (Å²) in [6.07, 6.45) is 0. The molecule has 1 unspecified atom stereocenters. The summed E-state index contributed by atoms with van der Waals surface area (Å²) >= 11 is 3.09. The van der Waals surface area contributed by atoms with Gasteiger partial charge in [-0.3, -0.25) is 4.79 Å². The minimum atomic E-state index is -0.296. The average Bonchev–Trinajstić information content (AvgIpc) is 2.04. The molecule has 0 fully saturated rings. The monoisotopic (exact) mass is 270 g/mol. The summed E-state index contributed by atoms with van der Waals surface area (Å²) in [5.74, 6) is -0.296. The van der Waals surface area contributed by atoms with E-state index in [0.29, 0.717) is 13.2 Å². The van der Waals surface area contributed by atoms with E-state index in [2.05, 4.69) is 26.0 Å². The molecule has 76 valence electrons. The van der Waals surface area contributed by atoms with Crippen LogP contribution in [0, 0.1) is 11.3 Å². The summed E-state index contributed by atoms with van der Waals surface area (Å²) in [6.45, 7) is 2.73. The number of nitriles is 1. The van der Waals surface area contributed by atoms with Crippen molar-refractivity contribution >= 4 is 34.3 Å². The molecule has 0 spiro atoms. The standard InChI is InChI=1S/C7H11BrN2O2.ClH/c1-2-12-7(11)5-10-4-6(8)3-9;/h6,10H,2,4-5H2,1H3;1H. The van der Waals surface area contributed by atoms with E-state index in [1.807, 2.05) is 6.07 Å². The Bertz CT molecular complexity index is 184. The van der Waals surface area contributed by atoms with Crippen LogP contribution in [-0.4, -0.2) is 30.5 Å². The Kier molecular flexibility index (Phi) is 11.4. The van der Waals surface area contributed by atoms with Crippen LogP contribution in [-0.2, 0) is 9.53 Å². The number of alkyl halides is 1. The number of hydrogen-bond donors (Lipinski definition) is 1. The zero-order valence-electron chi connectivity index (χ0n) is 7.25. The lowest BCUT2D eigenvalue weighted by atomic mass is 10.4. The Morgan fingerprint density at radius 3 is 2.85 bits per heavy atom. The number of carbonyl (C=O) groups is 1. The third kappa shape index (κ3) is 9.61. The second kappa shape index (κ2) is 9.78. The summed E-state index contributed by atoms with van der Waals surface area (Å²) in [4.78, 5) is 10.5. The summed E-state index contributed by atoms with van der Waals surface area (Å²) in [7, 11) is 0. The van der Waals surface area contributed by atoms with E-state index in [-0.39, 0.29) is 29.7 Å². The molecule has 6 heteroatoms. The van der Waals surface area contributed by atoms with E-state index in [0.717, 1.165) is 0 Å². The van der Waals surface area contributed by atoms with E-state index < -0.39 is 0 Å². The fourth-order valence-corrected chi connectivity index (χ4v) is 0.788. The van der Waals surface area contributed by atoms with Crippen molar-refractivity contribution in [2.75, 3.05) is 19.7 Å². The Balaban J connectivity index is 0. The first-order valence-electron chi connectivity index (χ1n) is 3.60. The van der Waals surface area contributed by atoms with Gasteiger partial charge in [-0.1, -0.05) is 15.9 Å². The topological polar surface area (TPSA) is 62.1 Å². The van der Waals surface area contributed by atoms with Gasteiger partial charge in [0.25, 0.3) is 0 Å². The number of carbonyl (C=O) groups excluding carboxylic acids is 1. The number of nitrogens with one attached hydrogen (secondary N) is 1. The normalized spacial score (nSPS) is 10.8. The highest BCUT2D eigenvalue weighted by Crippen LogP contribution is 1.93. The van der Waals surface area contributed by atoms with Gasteiger partial charge in [0.05, 0.1) is 19.2 Å². The predicted molar refractivity (Wildman–Crippen MR) is 55.1 cm³/mol. The van der Waals surface area contributed by atoms with Crippen molar-refractivity contribution in [3.8, 4) is 6.07 Å². The SMILES string of the molecule is CCOC(=O)CNCC(Br)C#N.Cl. The van der Waals surface area contributed by atoms with Crippen LogP contribution >= 0.6 is 28.3 Å². The van der Waals surface area contributed by atoms with Gasteiger partial charge in [-0.05, 0) is 6.92 Å². The van der Waals surface area contributed by atoms with Gasteiger partial charge < -0.3 is 10.1 Å².